The van der Waals surface area contributed by atoms with E-state index in [-0.39, 0.29) is 18.5 Å². The van der Waals surface area contributed by atoms with Gasteiger partial charge in [-0.2, -0.15) is 0 Å². The van der Waals surface area contributed by atoms with E-state index in [1.54, 1.807) is 26.2 Å². The van der Waals surface area contributed by atoms with Crippen LogP contribution in [0, 0.1) is 6.92 Å². The van der Waals surface area contributed by atoms with E-state index in [0.29, 0.717) is 24.0 Å². The number of hydrogen-bond acceptors (Lipinski definition) is 7. The molecule has 2 unspecified atom stereocenters. The van der Waals surface area contributed by atoms with Gasteiger partial charge in [0.15, 0.2) is 23.7 Å². The number of benzene rings is 2. The predicted molar refractivity (Wildman–Crippen MR) is 135 cm³/mol. The number of urea groups is 1. The molecule has 3 aliphatic rings. The smallest absolute Gasteiger partial charge is 0.328 e. The number of rotatable bonds is 7. The molecule has 2 atom stereocenters. The first-order chi connectivity index (χ1) is 17.3. The minimum absolute atomic E-state index is 0.226. The Morgan fingerprint density at radius 2 is 1.72 bits per heavy atom. The van der Waals surface area contributed by atoms with Crippen molar-refractivity contribution in [2.45, 2.75) is 39.0 Å². The zero-order valence-corrected chi connectivity index (χ0v) is 21.3. The van der Waals surface area contributed by atoms with Gasteiger partial charge in [0.2, 0.25) is 5.96 Å². The van der Waals surface area contributed by atoms with E-state index in [2.05, 4.69) is 4.90 Å². The topological polar surface area (TPSA) is 77.9 Å². The summed E-state index contributed by atoms with van der Waals surface area (Å²) in [6.07, 6.45) is 2.16. The molecule has 0 radical (unpaired) electrons. The molecule has 3 aliphatic heterocycles. The number of allylic oxidation sites excluding steroid dienone is 1. The van der Waals surface area contributed by atoms with Gasteiger partial charge in [0.25, 0.3) is 5.91 Å². The highest BCUT2D eigenvalue weighted by Crippen LogP contribution is 2.35. The number of fused-ring (bicyclic) bond motifs is 3. The van der Waals surface area contributed by atoms with Crippen LogP contribution in [0.25, 0.3) is 0 Å². The second-order valence-corrected chi connectivity index (χ2v) is 9.30. The number of likely N-dealkylation sites (N-methyl/N-ethyl adjacent to an activating group) is 1. The number of imide groups is 1. The molecular weight excluding hydrogens is 458 g/mol. The number of carbonyl (C=O) groups is 2. The number of nitrogens with zero attached hydrogens (tertiary/aromatic N) is 5. The molecule has 2 aromatic rings. The molecule has 0 N–H and O–H groups in total. The summed E-state index contributed by atoms with van der Waals surface area (Å²) in [5.74, 6) is 1.86. The first-order valence-electron chi connectivity index (χ1n) is 12.0. The van der Waals surface area contributed by atoms with Gasteiger partial charge in [-0.1, -0.05) is 30.3 Å². The van der Waals surface area contributed by atoms with Crippen LogP contribution in [0.4, 0.5) is 4.79 Å². The summed E-state index contributed by atoms with van der Waals surface area (Å²) in [4.78, 5) is 38.6. The number of guanidine groups is 1. The van der Waals surface area contributed by atoms with Gasteiger partial charge >= 0.3 is 6.03 Å². The number of aryl methyl sites for hydroxylation is 1. The second kappa shape index (κ2) is 9.22. The monoisotopic (exact) mass is 489 g/mol. The standard InChI is InChI=1S/C27H31N5O4/c1-17-8-6-7-9-20(17)16-32-25(33)23-24(29(3)27(32)34)28-26-30(18(2)15-31(23)26)13-12-19-10-11-21(35-4)22(14-19)36-5/h6-11,14-15,23-24H,12-13,16H2,1-5H3. The number of hydrogen-bond donors (Lipinski definition) is 0. The lowest BCUT2D eigenvalue weighted by Crippen LogP contribution is -2.63. The van der Waals surface area contributed by atoms with Crippen molar-refractivity contribution in [2.24, 2.45) is 4.99 Å². The molecule has 1 saturated heterocycles. The maximum absolute atomic E-state index is 13.6. The first kappa shape index (κ1) is 23.7. The minimum Gasteiger partial charge on any atom is -0.493 e. The van der Waals surface area contributed by atoms with Crippen molar-refractivity contribution in [3.8, 4) is 11.5 Å². The van der Waals surface area contributed by atoms with E-state index in [9.17, 15) is 9.59 Å². The molecule has 0 bridgehead atoms. The third-order valence-electron chi connectivity index (χ3n) is 7.16. The Labute approximate surface area is 211 Å². The lowest BCUT2D eigenvalue weighted by molar-refractivity contribution is -0.137. The minimum atomic E-state index is -0.576. The van der Waals surface area contributed by atoms with Crippen LogP contribution < -0.4 is 9.47 Å². The van der Waals surface area contributed by atoms with Gasteiger partial charge in [0, 0.05) is 25.5 Å². The third-order valence-corrected chi connectivity index (χ3v) is 7.16. The summed E-state index contributed by atoms with van der Waals surface area (Å²) in [5.41, 5.74) is 4.10. The summed E-state index contributed by atoms with van der Waals surface area (Å²) >= 11 is 0. The molecule has 5 rings (SSSR count). The number of carbonyl (C=O) groups excluding carboxylic acids is 2. The number of amides is 3. The number of ether oxygens (including phenoxy) is 2. The summed E-state index contributed by atoms with van der Waals surface area (Å²) in [5, 5.41) is 0. The van der Waals surface area contributed by atoms with Crippen LogP contribution in [0.2, 0.25) is 0 Å². The second-order valence-electron chi connectivity index (χ2n) is 9.30. The molecule has 2 aromatic carbocycles. The summed E-state index contributed by atoms with van der Waals surface area (Å²) in [6.45, 7) is 4.91. The van der Waals surface area contributed by atoms with Crippen molar-refractivity contribution in [3.05, 3.63) is 71.1 Å². The summed E-state index contributed by atoms with van der Waals surface area (Å²) in [7, 11) is 4.96. The first-order valence-corrected chi connectivity index (χ1v) is 12.0. The summed E-state index contributed by atoms with van der Waals surface area (Å²) in [6, 6.07) is 12.8. The quantitative estimate of drug-likeness (QED) is 0.595. The molecule has 3 amide bonds. The van der Waals surface area contributed by atoms with Gasteiger partial charge in [-0.05, 0) is 49.1 Å². The zero-order chi connectivity index (χ0) is 25.6. The van der Waals surface area contributed by atoms with Crippen LogP contribution >= 0.6 is 0 Å². The van der Waals surface area contributed by atoms with Crippen molar-refractivity contribution in [3.63, 3.8) is 0 Å². The van der Waals surface area contributed by atoms with Crippen LogP contribution in [-0.2, 0) is 17.8 Å². The molecule has 9 nitrogen and oxygen atoms in total. The molecule has 1 fully saturated rings. The normalized spacial score (nSPS) is 20.9. The molecule has 0 spiro atoms. The maximum Gasteiger partial charge on any atom is 0.328 e. The third kappa shape index (κ3) is 3.84. The Kier molecular flexibility index (Phi) is 6.07. The predicted octanol–water partition coefficient (Wildman–Crippen LogP) is 3.19. The molecule has 3 heterocycles. The fraction of sp³-hybridized carbons (Fsp3) is 0.370. The van der Waals surface area contributed by atoms with E-state index in [1.165, 1.54) is 4.90 Å². The Bertz CT molecular complexity index is 1270. The molecule has 188 valence electrons. The largest absolute Gasteiger partial charge is 0.493 e. The maximum atomic E-state index is 13.6. The Morgan fingerprint density at radius 3 is 2.44 bits per heavy atom. The Balaban J connectivity index is 1.35. The van der Waals surface area contributed by atoms with Crippen molar-refractivity contribution in [1.82, 2.24) is 19.6 Å². The fourth-order valence-corrected chi connectivity index (χ4v) is 5.06. The number of aliphatic imine (C=N–C) groups is 1. The van der Waals surface area contributed by atoms with E-state index in [1.807, 2.05) is 67.4 Å². The molecule has 9 heteroatoms. The van der Waals surface area contributed by atoms with Crippen molar-refractivity contribution >= 4 is 17.9 Å². The van der Waals surface area contributed by atoms with Crippen LogP contribution in [0.1, 0.15) is 23.6 Å². The molecule has 0 aromatic heterocycles. The summed E-state index contributed by atoms with van der Waals surface area (Å²) < 4.78 is 10.8. The zero-order valence-electron chi connectivity index (χ0n) is 21.3. The van der Waals surface area contributed by atoms with E-state index >= 15 is 0 Å². The molecule has 0 saturated carbocycles. The highest BCUT2D eigenvalue weighted by atomic mass is 16.5. The van der Waals surface area contributed by atoms with Gasteiger partial charge in [0.1, 0.15) is 0 Å². The lowest BCUT2D eigenvalue weighted by Gasteiger charge is -2.40. The lowest BCUT2D eigenvalue weighted by atomic mass is 10.1. The fourth-order valence-electron chi connectivity index (χ4n) is 5.06. The van der Waals surface area contributed by atoms with Gasteiger partial charge in [-0.25, -0.2) is 9.79 Å². The molecular formula is C27H31N5O4. The van der Waals surface area contributed by atoms with Crippen LogP contribution in [0.3, 0.4) is 0 Å². The van der Waals surface area contributed by atoms with Gasteiger partial charge in [0.05, 0.1) is 20.8 Å². The van der Waals surface area contributed by atoms with Crippen LogP contribution in [-0.4, -0.2) is 77.5 Å². The Hall–Kier alpha value is -4.01. The van der Waals surface area contributed by atoms with Crippen LogP contribution in [0.15, 0.2) is 59.4 Å². The van der Waals surface area contributed by atoms with Crippen molar-refractivity contribution in [1.29, 1.82) is 0 Å². The SMILES string of the molecule is COc1ccc(CCN2C(C)=CN3C2=NC2C3C(=O)N(Cc3ccccc3C)C(=O)N2C)cc1OC. The highest BCUT2D eigenvalue weighted by Gasteiger charge is 2.54. The average molecular weight is 490 g/mol. The van der Waals surface area contributed by atoms with Gasteiger partial charge in [-0.15, -0.1) is 0 Å². The van der Waals surface area contributed by atoms with Gasteiger partial charge in [-0.3, -0.25) is 9.69 Å². The van der Waals surface area contributed by atoms with Crippen molar-refractivity contribution < 1.29 is 19.1 Å². The van der Waals surface area contributed by atoms with Crippen molar-refractivity contribution in [2.75, 3.05) is 27.8 Å². The van der Waals surface area contributed by atoms with E-state index in [0.717, 1.165) is 28.8 Å². The molecule has 36 heavy (non-hydrogen) atoms. The van der Waals surface area contributed by atoms with E-state index in [4.69, 9.17) is 14.5 Å². The highest BCUT2D eigenvalue weighted by molar-refractivity contribution is 6.04. The average Bonchev–Trinajstić information content (AvgIpc) is 3.39. The number of methoxy groups -OCH3 is 2. The van der Waals surface area contributed by atoms with E-state index < -0.39 is 12.2 Å². The van der Waals surface area contributed by atoms with Crippen LogP contribution in [0.5, 0.6) is 11.5 Å². The van der Waals surface area contributed by atoms with Gasteiger partial charge < -0.3 is 24.2 Å². The Morgan fingerprint density at radius 1 is 0.972 bits per heavy atom. The molecule has 0 aliphatic carbocycles.